The lowest BCUT2D eigenvalue weighted by molar-refractivity contribution is -0.147. The number of hydrogen-bond donors (Lipinski definition) is 4. The minimum absolute atomic E-state index is 0.281. The topological polar surface area (TPSA) is 134 Å². The van der Waals surface area contributed by atoms with Crippen molar-refractivity contribution in [2.45, 2.75) is 25.8 Å². The van der Waals surface area contributed by atoms with Crippen LogP contribution in [0.25, 0.3) is 0 Å². The van der Waals surface area contributed by atoms with Crippen molar-refractivity contribution in [3.8, 4) is 0 Å². The lowest BCUT2D eigenvalue weighted by Crippen LogP contribution is -2.49. The Hall–Kier alpha value is -2.32. The lowest BCUT2D eigenvalue weighted by Gasteiger charge is -2.14. The van der Waals surface area contributed by atoms with Gasteiger partial charge in [0.15, 0.2) is 0 Å². The number of esters is 1. The van der Waals surface area contributed by atoms with Crippen LogP contribution in [0.2, 0.25) is 0 Å². The van der Waals surface area contributed by atoms with Crippen LogP contribution in [-0.2, 0) is 19.1 Å². The van der Waals surface area contributed by atoms with E-state index in [4.69, 9.17) is 5.11 Å². The van der Waals surface area contributed by atoms with E-state index in [1.165, 1.54) is 0 Å². The van der Waals surface area contributed by atoms with E-state index < -0.39 is 30.4 Å². The van der Waals surface area contributed by atoms with Gasteiger partial charge < -0.3 is 25.8 Å². The molecule has 0 heterocycles. The molecule has 0 unspecified atom stereocenters. The first-order valence-corrected chi connectivity index (χ1v) is 6.01. The van der Waals surface area contributed by atoms with Gasteiger partial charge in [-0.1, -0.05) is 6.92 Å². The van der Waals surface area contributed by atoms with Crippen molar-refractivity contribution >= 4 is 23.9 Å². The van der Waals surface area contributed by atoms with Crippen LogP contribution in [-0.4, -0.2) is 55.2 Å². The summed E-state index contributed by atoms with van der Waals surface area (Å²) in [6, 6.07) is -2.27. The smallest absolute Gasteiger partial charge is 0.326 e. The van der Waals surface area contributed by atoms with E-state index in [0.717, 1.165) is 13.5 Å². The molecule has 0 saturated heterocycles. The Bertz CT molecular complexity index is 371. The van der Waals surface area contributed by atoms with Gasteiger partial charge in [0.05, 0.1) is 20.1 Å². The fourth-order valence-electron chi connectivity index (χ4n) is 1.15. The number of carboxylic acids is 1. The molecule has 0 aliphatic carbocycles. The summed E-state index contributed by atoms with van der Waals surface area (Å²) in [5, 5.41) is 15.6. The van der Waals surface area contributed by atoms with Gasteiger partial charge in [0.2, 0.25) is 5.91 Å². The molecular weight excluding hydrogens is 270 g/mol. The van der Waals surface area contributed by atoms with Crippen LogP contribution in [0.4, 0.5) is 4.79 Å². The zero-order valence-corrected chi connectivity index (χ0v) is 11.4. The second-order valence-electron chi connectivity index (χ2n) is 3.85. The minimum atomic E-state index is -1.42. The van der Waals surface area contributed by atoms with Gasteiger partial charge >= 0.3 is 18.0 Å². The third-order valence-electron chi connectivity index (χ3n) is 2.18. The minimum Gasteiger partial charge on any atom is -0.480 e. The molecule has 0 aromatic rings. The summed E-state index contributed by atoms with van der Waals surface area (Å²) in [6.07, 6.45) is 0.263. The average Bonchev–Trinajstić information content (AvgIpc) is 2.41. The number of carbonyl (C=O) groups is 4. The van der Waals surface area contributed by atoms with Gasteiger partial charge in [0.1, 0.15) is 6.04 Å². The molecule has 4 N–H and O–H groups in total. The van der Waals surface area contributed by atoms with Gasteiger partial charge in [0, 0.05) is 6.54 Å². The SMILES string of the molecule is CCCNC(=O)CNC(=O)N[C@@H](CC(=O)OC)C(=O)O. The number of carbonyl (C=O) groups excluding carboxylic acids is 3. The van der Waals surface area contributed by atoms with Crippen LogP contribution in [0.5, 0.6) is 0 Å². The van der Waals surface area contributed by atoms with Crippen molar-refractivity contribution in [3.05, 3.63) is 0 Å². The van der Waals surface area contributed by atoms with Crippen LogP contribution in [0, 0.1) is 0 Å². The molecule has 0 saturated carbocycles. The van der Waals surface area contributed by atoms with Crippen LogP contribution in [0.3, 0.4) is 0 Å². The quantitative estimate of drug-likeness (QED) is 0.416. The third kappa shape index (κ3) is 7.90. The zero-order valence-electron chi connectivity index (χ0n) is 11.4. The number of carboxylic acid groups (broad SMARTS) is 1. The zero-order chi connectivity index (χ0) is 15.5. The molecule has 0 spiro atoms. The monoisotopic (exact) mass is 289 g/mol. The van der Waals surface area contributed by atoms with Gasteiger partial charge in [0.25, 0.3) is 0 Å². The summed E-state index contributed by atoms with van der Waals surface area (Å²) in [7, 11) is 1.11. The number of aliphatic carboxylic acids is 1. The lowest BCUT2D eigenvalue weighted by atomic mass is 10.2. The van der Waals surface area contributed by atoms with Gasteiger partial charge in [-0.2, -0.15) is 0 Å². The van der Waals surface area contributed by atoms with Gasteiger partial charge in [-0.05, 0) is 6.42 Å². The Morgan fingerprint density at radius 3 is 2.35 bits per heavy atom. The molecule has 0 bridgehead atoms. The van der Waals surface area contributed by atoms with Crippen molar-refractivity contribution in [3.63, 3.8) is 0 Å². The van der Waals surface area contributed by atoms with E-state index in [2.05, 4.69) is 20.7 Å². The van der Waals surface area contributed by atoms with Crippen molar-refractivity contribution in [2.24, 2.45) is 0 Å². The standard InChI is InChI=1S/C11H19N3O6/c1-3-4-12-8(15)6-13-11(19)14-7(10(17)18)5-9(16)20-2/h7H,3-6H2,1-2H3,(H,12,15)(H,17,18)(H2,13,14,19)/t7-/m0/s1. The predicted octanol–water partition coefficient (Wildman–Crippen LogP) is -1.17. The number of nitrogens with one attached hydrogen (secondary N) is 3. The molecule has 9 heteroatoms. The number of hydrogen-bond acceptors (Lipinski definition) is 5. The molecule has 114 valence electrons. The van der Waals surface area contributed by atoms with E-state index in [-0.39, 0.29) is 12.5 Å². The average molecular weight is 289 g/mol. The van der Waals surface area contributed by atoms with Gasteiger partial charge in [-0.25, -0.2) is 9.59 Å². The molecule has 1 atom stereocenters. The largest absolute Gasteiger partial charge is 0.480 e. The molecule has 0 aromatic carbocycles. The molecular formula is C11H19N3O6. The van der Waals surface area contributed by atoms with Crippen LogP contribution in [0.15, 0.2) is 0 Å². The summed E-state index contributed by atoms with van der Waals surface area (Å²) < 4.78 is 4.32. The molecule has 0 aliphatic heterocycles. The summed E-state index contributed by atoms with van der Waals surface area (Å²) in [4.78, 5) is 44.4. The fraction of sp³-hybridized carbons (Fsp3) is 0.636. The first-order valence-electron chi connectivity index (χ1n) is 6.01. The molecule has 0 aliphatic rings. The van der Waals surface area contributed by atoms with E-state index in [1.807, 2.05) is 6.92 Å². The first kappa shape index (κ1) is 17.7. The molecule has 20 heavy (non-hydrogen) atoms. The summed E-state index contributed by atoms with van der Waals surface area (Å²) in [5.74, 6) is -2.53. The van der Waals surface area contributed by atoms with Crippen molar-refractivity contribution in [1.29, 1.82) is 0 Å². The Morgan fingerprint density at radius 1 is 1.20 bits per heavy atom. The molecule has 3 amide bonds. The van der Waals surface area contributed by atoms with Crippen molar-refractivity contribution in [1.82, 2.24) is 16.0 Å². The maximum Gasteiger partial charge on any atom is 0.326 e. The summed E-state index contributed by atoms with van der Waals surface area (Å²) >= 11 is 0. The van der Waals surface area contributed by atoms with E-state index in [1.54, 1.807) is 0 Å². The number of rotatable bonds is 8. The summed E-state index contributed by atoms with van der Waals surface area (Å²) in [6.45, 7) is 2.09. The highest BCUT2D eigenvalue weighted by molar-refractivity contribution is 5.88. The summed E-state index contributed by atoms with van der Waals surface area (Å²) in [5.41, 5.74) is 0. The van der Waals surface area contributed by atoms with E-state index in [0.29, 0.717) is 6.54 Å². The molecule has 0 aromatic heterocycles. The Kier molecular flexibility index (Phi) is 8.48. The third-order valence-corrected chi connectivity index (χ3v) is 2.18. The van der Waals surface area contributed by atoms with Crippen molar-refractivity contribution < 1.29 is 29.0 Å². The van der Waals surface area contributed by atoms with Crippen LogP contribution >= 0.6 is 0 Å². The fourth-order valence-corrected chi connectivity index (χ4v) is 1.15. The Labute approximate surface area is 116 Å². The molecule has 0 radical (unpaired) electrons. The number of methoxy groups -OCH3 is 1. The highest BCUT2D eigenvalue weighted by Crippen LogP contribution is 1.94. The molecule has 0 rings (SSSR count). The van der Waals surface area contributed by atoms with Crippen LogP contribution < -0.4 is 16.0 Å². The normalized spacial score (nSPS) is 11.1. The predicted molar refractivity (Wildman–Crippen MR) is 67.9 cm³/mol. The molecule has 9 nitrogen and oxygen atoms in total. The Balaban J connectivity index is 4.16. The Morgan fingerprint density at radius 2 is 1.85 bits per heavy atom. The second kappa shape index (κ2) is 9.59. The van der Waals surface area contributed by atoms with Crippen molar-refractivity contribution in [2.75, 3.05) is 20.2 Å². The van der Waals surface area contributed by atoms with Gasteiger partial charge in [-0.3, -0.25) is 9.59 Å². The second-order valence-corrected chi connectivity index (χ2v) is 3.85. The first-order chi connectivity index (χ1) is 9.40. The highest BCUT2D eigenvalue weighted by Gasteiger charge is 2.23. The van der Waals surface area contributed by atoms with Crippen LogP contribution in [0.1, 0.15) is 19.8 Å². The number of ether oxygens (including phenoxy) is 1. The molecule has 0 fully saturated rings. The van der Waals surface area contributed by atoms with Gasteiger partial charge in [-0.15, -0.1) is 0 Å². The van der Waals surface area contributed by atoms with E-state index >= 15 is 0 Å². The maximum absolute atomic E-state index is 11.4. The van der Waals surface area contributed by atoms with E-state index in [9.17, 15) is 19.2 Å². The highest BCUT2D eigenvalue weighted by atomic mass is 16.5. The number of urea groups is 1. The maximum atomic E-state index is 11.4. The number of amides is 3.